The molecule has 0 aliphatic heterocycles. The van der Waals surface area contributed by atoms with Crippen LogP contribution in [0, 0.1) is 0 Å². The second kappa shape index (κ2) is 7.95. The van der Waals surface area contributed by atoms with Crippen LogP contribution in [-0.2, 0) is 30.8 Å². The van der Waals surface area contributed by atoms with E-state index in [9.17, 15) is 43.0 Å². The summed E-state index contributed by atoms with van der Waals surface area (Å²) in [6.45, 7) is 0. The number of alkyl halides is 5. The monoisotopic (exact) mass is 469 g/mol. The molecule has 1 atom stereocenters. The van der Waals surface area contributed by atoms with Gasteiger partial charge in [-0.2, -0.15) is 22.0 Å². The number of nitrogens with one attached hydrogen (secondary N) is 1. The molecule has 2 rings (SSSR count). The van der Waals surface area contributed by atoms with Gasteiger partial charge in [-0.1, -0.05) is 31.4 Å². The van der Waals surface area contributed by atoms with Crippen molar-refractivity contribution in [3.05, 3.63) is 29.8 Å². The van der Waals surface area contributed by atoms with Gasteiger partial charge in [0, 0.05) is 0 Å². The maximum Gasteiger partial charge on any atom is 0.486 e. The molecule has 1 aromatic rings. The topological polar surface area (TPSA) is 97.4 Å². The van der Waals surface area contributed by atoms with Crippen LogP contribution < -0.4 is 4.13 Å². The predicted octanol–water partition coefficient (Wildman–Crippen LogP) is 3.16. The molecule has 1 N–H and O–H groups in total. The fraction of sp³-hybridized carbons (Fsp3) is 0.571. The highest BCUT2D eigenvalue weighted by Crippen LogP contribution is 2.37. The molecule has 1 aliphatic rings. The van der Waals surface area contributed by atoms with Crippen LogP contribution in [0.15, 0.2) is 29.2 Å². The van der Waals surface area contributed by atoms with Gasteiger partial charge in [0.25, 0.3) is 9.84 Å². The first-order chi connectivity index (χ1) is 12.7. The molecule has 160 valence electrons. The van der Waals surface area contributed by atoms with E-state index in [1.165, 1.54) is 12.1 Å². The van der Waals surface area contributed by atoms with Gasteiger partial charge in [0.05, 0.1) is 4.90 Å². The number of hydrogen-bond acceptors (Lipinski definition) is 5. The minimum Gasteiger partial charge on any atom is -0.233 e. The van der Waals surface area contributed by atoms with Crippen LogP contribution in [-0.4, -0.2) is 31.1 Å². The molecule has 28 heavy (non-hydrogen) atoms. The van der Waals surface area contributed by atoms with Gasteiger partial charge in [-0.15, -0.1) is 4.13 Å². The SMILES string of the molecule is O=S(NS(=O)(=O)C(F)(F)S(=O)(=O)c1ccc(C2CCCCC2)cc1)C(F)(F)F. The van der Waals surface area contributed by atoms with Crippen molar-refractivity contribution >= 4 is 30.8 Å². The van der Waals surface area contributed by atoms with Gasteiger partial charge in [-0.25, -0.2) is 21.0 Å². The smallest absolute Gasteiger partial charge is 0.233 e. The fourth-order valence-corrected chi connectivity index (χ4v) is 6.91. The Kier molecular flexibility index (Phi) is 6.58. The van der Waals surface area contributed by atoms with Gasteiger partial charge >= 0.3 is 20.1 Å². The molecule has 0 heterocycles. The Labute approximate surface area is 161 Å². The average molecular weight is 469 g/mol. The first kappa shape index (κ1) is 23.2. The molecule has 1 saturated carbocycles. The summed E-state index contributed by atoms with van der Waals surface area (Å²) in [5.41, 5.74) is -4.99. The molecular weight excluding hydrogens is 453 g/mol. The van der Waals surface area contributed by atoms with E-state index >= 15 is 0 Å². The Bertz CT molecular complexity index is 937. The van der Waals surface area contributed by atoms with E-state index in [0.29, 0.717) is 5.56 Å². The third-order valence-electron chi connectivity index (χ3n) is 4.29. The van der Waals surface area contributed by atoms with Crippen molar-refractivity contribution in [1.82, 2.24) is 4.13 Å². The first-order valence-electron chi connectivity index (χ1n) is 7.93. The molecule has 14 heteroatoms. The van der Waals surface area contributed by atoms with E-state index in [1.807, 2.05) is 0 Å². The number of benzene rings is 1. The van der Waals surface area contributed by atoms with Crippen molar-refractivity contribution in [3.63, 3.8) is 0 Å². The molecular formula is C14H16F5NO5S3. The molecule has 0 bridgehead atoms. The maximum absolute atomic E-state index is 14.1. The van der Waals surface area contributed by atoms with Gasteiger partial charge in [0.1, 0.15) is 0 Å². The van der Waals surface area contributed by atoms with Gasteiger partial charge in [-0.05, 0) is 36.5 Å². The molecule has 6 nitrogen and oxygen atoms in total. The zero-order valence-electron chi connectivity index (χ0n) is 14.1. The van der Waals surface area contributed by atoms with Crippen molar-refractivity contribution in [2.75, 3.05) is 0 Å². The lowest BCUT2D eigenvalue weighted by Crippen LogP contribution is -2.48. The van der Waals surface area contributed by atoms with E-state index in [4.69, 9.17) is 0 Å². The lowest BCUT2D eigenvalue weighted by atomic mass is 9.84. The Balaban J connectivity index is 2.32. The third-order valence-corrected chi connectivity index (χ3v) is 9.65. The van der Waals surface area contributed by atoms with Crippen molar-refractivity contribution in [1.29, 1.82) is 0 Å². The summed E-state index contributed by atoms with van der Waals surface area (Å²) in [7, 11) is -16.8. The van der Waals surface area contributed by atoms with E-state index in [1.54, 1.807) is 0 Å². The van der Waals surface area contributed by atoms with E-state index in [-0.39, 0.29) is 10.0 Å². The summed E-state index contributed by atoms with van der Waals surface area (Å²) in [5, 5.41) is 0. The average Bonchev–Trinajstić information content (AvgIpc) is 2.61. The summed E-state index contributed by atoms with van der Waals surface area (Å²) in [6, 6.07) is 4.10. The molecule has 1 fully saturated rings. The number of sulfonamides is 1. The largest absolute Gasteiger partial charge is 0.486 e. The third kappa shape index (κ3) is 4.54. The van der Waals surface area contributed by atoms with Crippen LogP contribution >= 0.6 is 0 Å². The van der Waals surface area contributed by atoms with Gasteiger partial charge < -0.3 is 0 Å². The normalized spacial score (nSPS) is 18.8. The van der Waals surface area contributed by atoms with Crippen molar-refractivity contribution in [3.8, 4) is 0 Å². The minimum atomic E-state index is -6.47. The lowest BCUT2D eigenvalue weighted by molar-refractivity contribution is -0.0389. The number of halogens is 5. The Hall–Kier alpha value is -1.12. The van der Waals surface area contributed by atoms with E-state index in [2.05, 4.69) is 0 Å². The molecule has 1 unspecified atom stereocenters. The fourth-order valence-electron chi connectivity index (χ4n) is 2.83. The zero-order valence-corrected chi connectivity index (χ0v) is 16.5. The Morgan fingerprint density at radius 3 is 1.86 bits per heavy atom. The molecule has 0 aromatic heterocycles. The molecule has 0 spiro atoms. The summed E-state index contributed by atoms with van der Waals surface area (Å²) in [4.78, 5) is -1.08. The van der Waals surface area contributed by atoms with E-state index in [0.717, 1.165) is 44.2 Å². The standard InChI is InChI=1S/C14H16F5NO5S3/c15-13(16,17)26(21)20-28(24,25)14(18,19)27(22,23)12-8-6-11(7-9-12)10-4-2-1-3-5-10/h6-10,20H,1-5H2. The number of sulfone groups is 1. The highest BCUT2D eigenvalue weighted by molar-refractivity contribution is 8.13. The zero-order chi connectivity index (χ0) is 21.4. The van der Waals surface area contributed by atoms with Crippen molar-refractivity contribution < 1.29 is 43.0 Å². The highest BCUT2D eigenvalue weighted by Gasteiger charge is 2.60. The predicted molar refractivity (Wildman–Crippen MR) is 90.7 cm³/mol. The van der Waals surface area contributed by atoms with Gasteiger partial charge in [0.2, 0.25) is 11.0 Å². The second-order valence-electron chi connectivity index (χ2n) is 6.17. The second-order valence-corrected chi connectivity index (χ2v) is 11.6. The molecule has 1 aliphatic carbocycles. The summed E-state index contributed by atoms with van der Waals surface area (Å²) < 4.78 is 117. The van der Waals surface area contributed by atoms with Crippen LogP contribution in [0.3, 0.4) is 0 Å². The van der Waals surface area contributed by atoms with Crippen LogP contribution in [0.25, 0.3) is 0 Å². The lowest BCUT2D eigenvalue weighted by Gasteiger charge is -2.22. The first-order valence-corrected chi connectivity index (χ1v) is 12.0. The summed E-state index contributed by atoms with van der Waals surface area (Å²) in [5.74, 6) is 0.116. The van der Waals surface area contributed by atoms with Crippen LogP contribution in [0.4, 0.5) is 22.0 Å². The maximum atomic E-state index is 14.1. The van der Waals surface area contributed by atoms with Gasteiger partial charge in [-0.3, -0.25) is 0 Å². The molecule has 0 amide bonds. The number of rotatable bonds is 6. The molecule has 0 radical (unpaired) electrons. The van der Waals surface area contributed by atoms with Crippen LogP contribution in [0.1, 0.15) is 43.6 Å². The summed E-state index contributed by atoms with van der Waals surface area (Å²) in [6.07, 6.45) is 4.65. The number of hydrogen-bond donors (Lipinski definition) is 1. The minimum absolute atomic E-state index is 0.116. The molecule has 1 aromatic carbocycles. The van der Waals surface area contributed by atoms with Crippen LogP contribution in [0.2, 0.25) is 0 Å². The van der Waals surface area contributed by atoms with Crippen LogP contribution in [0.5, 0.6) is 0 Å². The van der Waals surface area contributed by atoms with Crippen molar-refractivity contribution in [2.45, 2.75) is 53.0 Å². The summed E-state index contributed by atoms with van der Waals surface area (Å²) >= 11 is 0. The highest BCUT2D eigenvalue weighted by atomic mass is 32.3. The van der Waals surface area contributed by atoms with Crippen molar-refractivity contribution in [2.24, 2.45) is 0 Å². The van der Waals surface area contributed by atoms with E-state index < -0.39 is 45.8 Å². The Morgan fingerprint density at radius 2 is 1.39 bits per heavy atom. The quantitative estimate of drug-likeness (QED) is 0.646. The Morgan fingerprint density at radius 1 is 0.893 bits per heavy atom. The van der Waals surface area contributed by atoms with Gasteiger partial charge in [0.15, 0.2) is 0 Å². The molecule has 0 saturated heterocycles.